The molecule has 0 bridgehead atoms. The monoisotopic (exact) mass is 495 g/mol. The number of para-hydroxylation sites is 1. The quantitative estimate of drug-likeness (QED) is 0.482. The van der Waals surface area contributed by atoms with Gasteiger partial charge in [0.25, 0.3) is 5.91 Å². The molecule has 2 unspecified atom stereocenters. The summed E-state index contributed by atoms with van der Waals surface area (Å²) >= 11 is 0. The van der Waals surface area contributed by atoms with Gasteiger partial charge in [-0.2, -0.15) is 13.2 Å². The largest absolute Gasteiger partial charge is 0.466 e. The van der Waals surface area contributed by atoms with Crippen LogP contribution in [0.25, 0.3) is 0 Å². The van der Waals surface area contributed by atoms with Crippen LogP contribution < -0.4 is 5.32 Å². The van der Waals surface area contributed by atoms with Crippen molar-refractivity contribution in [2.24, 2.45) is 11.0 Å². The van der Waals surface area contributed by atoms with E-state index in [2.05, 4.69) is 10.4 Å². The summed E-state index contributed by atoms with van der Waals surface area (Å²) in [5.74, 6) is -4.15. The molecule has 0 saturated heterocycles. The molecule has 186 valence electrons. The molecule has 36 heavy (non-hydrogen) atoms. The van der Waals surface area contributed by atoms with Gasteiger partial charge in [-0.3, -0.25) is 9.59 Å². The standard InChI is InChI=1S/C27H24F3N3O3/c1-18(27(28,29)30)24(25(35)31-22-10-6-3-7-11-22)20-14-12-19(13-15-20)16-33-23(34)17-36-26(32-33)21-8-4-2-5-9-21/h2-15,18,24H,16-17H2,1H3,(H,31,35). The third-order valence-electron chi connectivity index (χ3n) is 5.86. The minimum Gasteiger partial charge on any atom is -0.466 e. The van der Waals surface area contributed by atoms with Gasteiger partial charge in [-0.25, -0.2) is 5.01 Å². The first-order chi connectivity index (χ1) is 17.2. The van der Waals surface area contributed by atoms with Crippen LogP contribution in [0.1, 0.15) is 29.5 Å². The van der Waals surface area contributed by atoms with Crippen LogP contribution in [-0.4, -0.2) is 35.5 Å². The van der Waals surface area contributed by atoms with E-state index in [1.54, 1.807) is 42.5 Å². The molecule has 3 aromatic carbocycles. The summed E-state index contributed by atoms with van der Waals surface area (Å²) in [7, 11) is 0. The van der Waals surface area contributed by atoms with Crippen molar-refractivity contribution in [3.05, 3.63) is 102 Å². The van der Waals surface area contributed by atoms with E-state index in [-0.39, 0.29) is 24.6 Å². The molecule has 4 rings (SSSR count). The first kappa shape index (κ1) is 25.0. The SMILES string of the molecule is CC(C(C(=O)Nc1ccccc1)c1ccc(CN2N=C(c3ccccc3)OCC2=O)cc1)C(F)(F)F. The van der Waals surface area contributed by atoms with Crippen molar-refractivity contribution >= 4 is 23.4 Å². The summed E-state index contributed by atoms with van der Waals surface area (Å²) in [6, 6.07) is 23.6. The highest BCUT2D eigenvalue weighted by molar-refractivity contribution is 5.98. The summed E-state index contributed by atoms with van der Waals surface area (Å²) in [6.45, 7) is 0.931. The number of hydrazone groups is 1. The smallest absolute Gasteiger partial charge is 0.392 e. The Balaban J connectivity index is 1.54. The highest BCUT2D eigenvalue weighted by atomic mass is 19.4. The number of halogens is 3. The van der Waals surface area contributed by atoms with E-state index in [0.717, 1.165) is 12.5 Å². The fraction of sp³-hybridized carbons (Fsp3) is 0.222. The fourth-order valence-corrected chi connectivity index (χ4v) is 3.85. The Morgan fingerprint density at radius 1 is 1.00 bits per heavy atom. The number of alkyl halides is 3. The number of nitrogens with one attached hydrogen (secondary N) is 1. The third kappa shape index (κ3) is 5.91. The summed E-state index contributed by atoms with van der Waals surface area (Å²) < 4.78 is 46.4. The predicted octanol–water partition coefficient (Wildman–Crippen LogP) is 5.33. The topological polar surface area (TPSA) is 71.0 Å². The number of hydrogen-bond donors (Lipinski definition) is 1. The molecule has 6 nitrogen and oxygen atoms in total. The molecular formula is C27H24F3N3O3. The molecule has 0 saturated carbocycles. The van der Waals surface area contributed by atoms with Crippen molar-refractivity contribution in [2.75, 3.05) is 11.9 Å². The van der Waals surface area contributed by atoms with Gasteiger partial charge in [0.1, 0.15) is 0 Å². The van der Waals surface area contributed by atoms with Crippen molar-refractivity contribution < 1.29 is 27.5 Å². The van der Waals surface area contributed by atoms with Crippen molar-refractivity contribution in [3.63, 3.8) is 0 Å². The van der Waals surface area contributed by atoms with E-state index >= 15 is 0 Å². The Morgan fingerprint density at radius 3 is 2.22 bits per heavy atom. The second-order valence-corrected chi connectivity index (χ2v) is 8.42. The molecule has 9 heteroatoms. The highest BCUT2D eigenvalue weighted by Gasteiger charge is 2.45. The fourth-order valence-electron chi connectivity index (χ4n) is 3.85. The average Bonchev–Trinajstić information content (AvgIpc) is 2.87. The Labute approximate surface area is 206 Å². The molecular weight excluding hydrogens is 471 g/mol. The van der Waals surface area contributed by atoms with Crippen molar-refractivity contribution in [1.29, 1.82) is 0 Å². The zero-order chi connectivity index (χ0) is 25.7. The zero-order valence-electron chi connectivity index (χ0n) is 19.4. The Morgan fingerprint density at radius 2 is 1.61 bits per heavy atom. The lowest BCUT2D eigenvalue weighted by Crippen LogP contribution is -2.36. The Hall–Kier alpha value is -4.14. The first-order valence-electron chi connectivity index (χ1n) is 11.3. The second-order valence-electron chi connectivity index (χ2n) is 8.42. The molecule has 0 aliphatic carbocycles. The van der Waals surface area contributed by atoms with Crippen molar-refractivity contribution in [1.82, 2.24) is 5.01 Å². The van der Waals surface area contributed by atoms with Crippen LogP contribution in [0.2, 0.25) is 0 Å². The van der Waals surface area contributed by atoms with Crippen LogP contribution >= 0.6 is 0 Å². The molecule has 2 atom stereocenters. The summed E-state index contributed by atoms with van der Waals surface area (Å²) in [5, 5.41) is 8.13. The molecule has 0 aromatic heterocycles. The molecule has 1 aliphatic rings. The zero-order valence-corrected chi connectivity index (χ0v) is 19.4. The number of amides is 2. The maximum absolute atomic E-state index is 13.6. The van der Waals surface area contributed by atoms with Crippen molar-refractivity contribution in [2.45, 2.75) is 25.6 Å². The van der Waals surface area contributed by atoms with E-state index in [1.807, 2.05) is 30.3 Å². The van der Waals surface area contributed by atoms with Gasteiger partial charge in [0.15, 0.2) is 6.61 Å². The number of benzene rings is 3. The lowest BCUT2D eigenvalue weighted by atomic mass is 9.85. The summed E-state index contributed by atoms with van der Waals surface area (Å²) in [5.41, 5.74) is 2.00. The van der Waals surface area contributed by atoms with E-state index in [0.29, 0.717) is 17.1 Å². The van der Waals surface area contributed by atoms with Crippen LogP contribution in [0.3, 0.4) is 0 Å². The van der Waals surface area contributed by atoms with Crippen LogP contribution in [0.15, 0.2) is 90.0 Å². The third-order valence-corrected chi connectivity index (χ3v) is 5.86. The van der Waals surface area contributed by atoms with Crippen molar-refractivity contribution in [3.8, 4) is 0 Å². The number of rotatable bonds is 7. The number of carbonyl (C=O) groups is 2. The van der Waals surface area contributed by atoms with Gasteiger partial charge >= 0.3 is 6.18 Å². The lowest BCUT2D eigenvalue weighted by Gasteiger charge is -2.26. The van der Waals surface area contributed by atoms with Gasteiger partial charge in [0.05, 0.1) is 18.4 Å². The Bertz CT molecular complexity index is 1230. The van der Waals surface area contributed by atoms with E-state index in [1.165, 1.54) is 17.1 Å². The molecule has 0 spiro atoms. The predicted molar refractivity (Wildman–Crippen MR) is 129 cm³/mol. The normalized spacial score (nSPS) is 15.5. The van der Waals surface area contributed by atoms with Crippen LogP contribution in [0.5, 0.6) is 0 Å². The second kappa shape index (κ2) is 10.6. The molecule has 3 aromatic rings. The number of carbonyl (C=O) groups excluding carboxylic acids is 2. The van der Waals surface area contributed by atoms with Gasteiger partial charge in [-0.15, -0.1) is 5.10 Å². The molecule has 1 heterocycles. The Kier molecular flexibility index (Phi) is 7.38. The lowest BCUT2D eigenvalue weighted by molar-refractivity contribution is -0.178. The maximum Gasteiger partial charge on any atom is 0.392 e. The number of ether oxygens (including phenoxy) is 1. The average molecular weight is 496 g/mol. The van der Waals surface area contributed by atoms with Gasteiger partial charge < -0.3 is 10.1 Å². The number of nitrogens with zero attached hydrogens (tertiary/aromatic N) is 2. The van der Waals surface area contributed by atoms with Gasteiger partial charge in [-0.05, 0) is 35.4 Å². The van der Waals surface area contributed by atoms with Crippen LogP contribution in [-0.2, 0) is 20.9 Å². The summed E-state index contributed by atoms with van der Waals surface area (Å²) in [6.07, 6.45) is -4.57. The molecule has 1 N–H and O–H groups in total. The van der Waals surface area contributed by atoms with Crippen LogP contribution in [0.4, 0.5) is 18.9 Å². The van der Waals surface area contributed by atoms with Gasteiger partial charge in [0.2, 0.25) is 11.8 Å². The molecule has 2 amide bonds. The minimum atomic E-state index is -4.57. The van der Waals surface area contributed by atoms with E-state index < -0.39 is 23.9 Å². The number of hydrogen-bond acceptors (Lipinski definition) is 4. The summed E-state index contributed by atoms with van der Waals surface area (Å²) in [4.78, 5) is 25.3. The molecule has 1 aliphatic heterocycles. The molecule has 0 fully saturated rings. The maximum atomic E-state index is 13.6. The van der Waals surface area contributed by atoms with Crippen LogP contribution in [0, 0.1) is 5.92 Å². The minimum absolute atomic E-state index is 0.106. The van der Waals surface area contributed by atoms with Gasteiger partial charge in [-0.1, -0.05) is 67.6 Å². The highest BCUT2D eigenvalue weighted by Crippen LogP contribution is 2.38. The van der Waals surface area contributed by atoms with E-state index in [4.69, 9.17) is 4.74 Å². The first-order valence-corrected chi connectivity index (χ1v) is 11.3. The molecule has 0 radical (unpaired) electrons. The van der Waals surface area contributed by atoms with E-state index in [9.17, 15) is 22.8 Å². The van der Waals surface area contributed by atoms with Gasteiger partial charge in [0, 0.05) is 11.3 Å². The number of anilines is 1.